The molecule has 0 aromatic heterocycles. The number of hydrogen-bond donors (Lipinski definition) is 2. The van der Waals surface area contributed by atoms with Crippen molar-refractivity contribution in [3.8, 4) is 0 Å². The maximum atomic E-state index is 11.9. The van der Waals surface area contributed by atoms with Crippen molar-refractivity contribution in [1.29, 1.82) is 0 Å². The molecule has 102 valence electrons. The molecule has 3 saturated carbocycles. The quantitative estimate of drug-likeness (QED) is 0.686. The third kappa shape index (κ3) is 2.41. The first kappa shape index (κ1) is 12.4. The van der Waals surface area contributed by atoms with E-state index in [-0.39, 0.29) is 0 Å². The highest BCUT2D eigenvalue weighted by atomic mass is 16.4. The predicted octanol–water partition coefficient (Wildman–Crippen LogP) is 1.46. The molecule has 2 N–H and O–H groups in total. The Morgan fingerprint density at radius 2 is 1.94 bits per heavy atom. The van der Waals surface area contributed by atoms with E-state index in [0.29, 0.717) is 24.5 Å². The van der Waals surface area contributed by atoms with E-state index in [2.05, 4.69) is 17.1 Å². The second kappa shape index (κ2) is 4.49. The molecule has 0 bridgehead atoms. The van der Waals surface area contributed by atoms with Crippen LogP contribution in [0.5, 0.6) is 0 Å². The summed E-state index contributed by atoms with van der Waals surface area (Å²) in [4.78, 5) is 14.2. The van der Waals surface area contributed by atoms with E-state index in [0.717, 1.165) is 32.2 Å². The summed E-state index contributed by atoms with van der Waals surface area (Å²) in [7, 11) is 0. The first-order valence-electron chi connectivity index (χ1n) is 7.41. The number of carboxylic acids is 1. The fourth-order valence-electron chi connectivity index (χ4n) is 3.02. The molecule has 0 saturated heterocycles. The van der Waals surface area contributed by atoms with Crippen molar-refractivity contribution in [2.45, 2.75) is 63.1 Å². The molecule has 0 aromatic carbocycles. The van der Waals surface area contributed by atoms with Gasteiger partial charge in [0.25, 0.3) is 0 Å². The molecule has 3 rings (SSSR count). The third-order valence-corrected chi connectivity index (χ3v) is 4.62. The zero-order valence-corrected chi connectivity index (χ0v) is 11.2. The molecular weight excluding hydrogens is 228 g/mol. The van der Waals surface area contributed by atoms with Gasteiger partial charge in [0, 0.05) is 18.6 Å². The molecule has 0 radical (unpaired) electrons. The van der Waals surface area contributed by atoms with Crippen LogP contribution in [0, 0.1) is 5.92 Å². The summed E-state index contributed by atoms with van der Waals surface area (Å²) in [6.07, 6.45) is 6.95. The largest absolute Gasteiger partial charge is 0.480 e. The SMILES string of the molecule is CCN(CC(NC1CC1)(C(=O)O)C1CC1)C1CC1. The van der Waals surface area contributed by atoms with Crippen molar-refractivity contribution in [3.63, 3.8) is 0 Å². The number of nitrogens with zero attached hydrogens (tertiary/aromatic N) is 1. The molecule has 0 aromatic rings. The van der Waals surface area contributed by atoms with Crippen LogP contribution in [0.4, 0.5) is 0 Å². The van der Waals surface area contributed by atoms with Crippen LogP contribution in [-0.2, 0) is 4.79 Å². The molecule has 0 amide bonds. The molecule has 0 spiro atoms. The highest BCUT2D eigenvalue weighted by Crippen LogP contribution is 2.43. The molecule has 4 nitrogen and oxygen atoms in total. The van der Waals surface area contributed by atoms with E-state index >= 15 is 0 Å². The lowest BCUT2D eigenvalue weighted by Gasteiger charge is -2.36. The molecule has 4 heteroatoms. The number of hydrogen-bond acceptors (Lipinski definition) is 3. The van der Waals surface area contributed by atoms with E-state index in [4.69, 9.17) is 0 Å². The number of likely N-dealkylation sites (N-methyl/N-ethyl adjacent to an activating group) is 1. The minimum absolute atomic E-state index is 0.350. The number of nitrogens with one attached hydrogen (secondary N) is 1. The lowest BCUT2D eigenvalue weighted by Crippen LogP contribution is -2.61. The lowest BCUT2D eigenvalue weighted by atomic mass is 9.91. The summed E-state index contributed by atoms with van der Waals surface area (Å²) in [6.45, 7) is 3.82. The van der Waals surface area contributed by atoms with Gasteiger partial charge in [-0.25, -0.2) is 0 Å². The smallest absolute Gasteiger partial charge is 0.325 e. The van der Waals surface area contributed by atoms with Crippen LogP contribution in [0.1, 0.15) is 45.4 Å². The molecule has 18 heavy (non-hydrogen) atoms. The van der Waals surface area contributed by atoms with E-state index in [1.807, 2.05) is 0 Å². The molecule has 3 aliphatic carbocycles. The Bertz CT molecular complexity index is 335. The van der Waals surface area contributed by atoms with Gasteiger partial charge in [-0.1, -0.05) is 6.92 Å². The van der Waals surface area contributed by atoms with Gasteiger partial charge in [-0.2, -0.15) is 0 Å². The van der Waals surface area contributed by atoms with Gasteiger partial charge in [0.2, 0.25) is 0 Å². The molecular formula is C14H24N2O2. The van der Waals surface area contributed by atoms with Crippen molar-refractivity contribution < 1.29 is 9.90 Å². The predicted molar refractivity (Wildman–Crippen MR) is 69.5 cm³/mol. The normalized spacial score (nSPS) is 27.2. The third-order valence-electron chi connectivity index (χ3n) is 4.62. The topological polar surface area (TPSA) is 52.6 Å². The summed E-state index contributed by atoms with van der Waals surface area (Å²) in [5.41, 5.74) is -0.667. The molecule has 1 atom stereocenters. The van der Waals surface area contributed by atoms with Crippen molar-refractivity contribution in [1.82, 2.24) is 10.2 Å². The van der Waals surface area contributed by atoms with Crippen molar-refractivity contribution in [2.24, 2.45) is 5.92 Å². The minimum atomic E-state index is -0.667. The average molecular weight is 252 g/mol. The summed E-state index contributed by atoms with van der Waals surface area (Å²) >= 11 is 0. The van der Waals surface area contributed by atoms with Gasteiger partial charge in [0.05, 0.1) is 0 Å². The van der Waals surface area contributed by atoms with Crippen LogP contribution in [0.3, 0.4) is 0 Å². The summed E-state index contributed by atoms with van der Waals surface area (Å²) in [5, 5.41) is 13.2. The lowest BCUT2D eigenvalue weighted by molar-refractivity contribution is -0.147. The van der Waals surface area contributed by atoms with Crippen molar-refractivity contribution in [3.05, 3.63) is 0 Å². The Morgan fingerprint density at radius 1 is 1.28 bits per heavy atom. The van der Waals surface area contributed by atoms with Crippen LogP contribution in [0.2, 0.25) is 0 Å². The maximum Gasteiger partial charge on any atom is 0.325 e. The summed E-state index contributed by atoms with van der Waals surface area (Å²) < 4.78 is 0. The van der Waals surface area contributed by atoms with Crippen molar-refractivity contribution >= 4 is 5.97 Å². The van der Waals surface area contributed by atoms with Crippen molar-refractivity contribution in [2.75, 3.05) is 13.1 Å². The molecule has 1 unspecified atom stereocenters. The number of aliphatic carboxylic acids is 1. The highest BCUT2D eigenvalue weighted by molar-refractivity contribution is 5.80. The van der Waals surface area contributed by atoms with Gasteiger partial charge in [-0.05, 0) is 51.0 Å². The van der Waals surface area contributed by atoms with Gasteiger partial charge in [-0.3, -0.25) is 15.0 Å². The van der Waals surface area contributed by atoms with Gasteiger partial charge in [0.1, 0.15) is 5.54 Å². The number of carbonyl (C=O) groups is 1. The second-order valence-corrected chi connectivity index (χ2v) is 6.26. The number of carboxylic acid groups (broad SMARTS) is 1. The Hall–Kier alpha value is -0.610. The molecule has 3 fully saturated rings. The maximum absolute atomic E-state index is 11.9. The minimum Gasteiger partial charge on any atom is -0.480 e. The van der Waals surface area contributed by atoms with Gasteiger partial charge in [-0.15, -0.1) is 0 Å². The second-order valence-electron chi connectivity index (χ2n) is 6.26. The van der Waals surface area contributed by atoms with E-state index in [9.17, 15) is 9.90 Å². The van der Waals surface area contributed by atoms with Crippen LogP contribution in [0.15, 0.2) is 0 Å². The molecule has 0 heterocycles. The zero-order valence-electron chi connectivity index (χ0n) is 11.2. The first-order valence-corrected chi connectivity index (χ1v) is 7.41. The van der Waals surface area contributed by atoms with Gasteiger partial charge < -0.3 is 5.11 Å². The molecule has 3 aliphatic rings. The fourth-order valence-corrected chi connectivity index (χ4v) is 3.02. The zero-order chi connectivity index (χ0) is 12.8. The summed E-state index contributed by atoms with van der Waals surface area (Å²) in [5.74, 6) is -0.278. The van der Waals surface area contributed by atoms with E-state index < -0.39 is 11.5 Å². The van der Waals surface area contributed by atoms with Gasteiger partial charge >= 0.3 is 5.97 Å². The van der Waals surface area contributed by atoms with Crippen LogP contribution in [-0.4, -0.2) is 46.7 Å². The number of rotatable bonds is 8. The van der Waals surface area contributed by atoms with Crippen LogP contribution in [0.25, 0.3) is 0 Å². The summed E-state index contributed by atoms with van der Waals surface area (Å²) in [6, 6.07) is 1.10. The first-order chi connectivity index (χ1) is 8.65. The Kier molecular flexibility index (Phi) is 3.10. The van der Waals surface area contributed by atoms with Crippen LogP contribution >= 0.6 is 0 Å². The monoisotopic (exact) mass is 252 g/mol. The van der Waals surface area contributed by atoms with E-state index in [1.54, 1.807) is 0 Å². The van der Waals surface area contributed by atoms with Crippen LogP contribution < -0.4 is 5.32 Å². The van der Waals surface area contributed by atoms with Gasteiger partial charge in [0.15, 0.2) is 0 Å². The fraction of sp³-hybridized carbons (Fsp3) is 0.929. The van der Waals surface area contributed by atoms with E-state index in [1.165, 1.54) is 12.8 Å². The molecule has 0 aliphatic heterocycles. The standard InChI is InChI=1S/C14H24N2O2/c1-2-16(12-7-8-12)9-14(13(17)18,10-3-4-10)15-11-5-6-11/h10-12,15H,2-9H2,1H3,(H,17,18). The Balaban J connectivity index is 1.75. The Labute approximate surface area is 109 Å². The highest BCUT2D eigenvalue weighted by Gasteiger charge is 2.54. The Morgan fingerprint density at radius 3 is 2.33 bits per heavy atom. The average Bonchev–Trinajstić information content (AvgIpc) is 3.13.